The highest BCUT2D eigenvalue weighted by molar-refractivity contribution is 5.28. The molecule has 0 aromatic heterocycles. The van der Waals surface area contributed by atoms with Crippen LogP contribution in [0.3, 0.4) is 0 Å². The molecule has 146 valence electrons. The molecule has 0 unspecified atom stereocenters. The molecule has 0 bridgehead atoms. The van der Waals surface area contributed by atoms with Gasteiger partial charge in [-0.2, -0.15) is 0 Å². The minimum Gasteiger partial charge on any atom is -0.489 e. The Bertz CT molecular complexity index is 803. The van der Waals surface area contributed by atoms with E-state index in [9.17, 15) is 5.11 Å². The number of rotatable bonds is 10. The summed E-state index contributed by atoms with van der Waals surface area (Å²) < 4.78 is 5.84. The van der Waals surface area contributed by atoms with Gasteiger partial charge in [0.1, 0.15) is 12.4 Å². The van der Waals surface area contributed by atoms with E-state index in [1.165, 1.54) is 11.1 Å². The molecule has 0 saturated carbocycles. The van der Waals surface area contributed by atoms with Gasteiger partial charge in [-0.3, -0.25) is 0 Å². The van der Waals surface area contributed by atoms with E-state index >= 15 is 0 Å². The average Bonchev–Trinajstić information content (AvgIpc) is 2.76. The summed E-state index contributed by atoms with van der Waals surface area (Å²) >= 11 is 0. The fourth-order valence-corrected chi connectivity index (χ4v) is 3.08. The Morgan fingerprint density at radius 2 is 1.46 bits per heavy atom. The molecular weight excluding hydrogens is 346 g/mol. The number of ether oxygens (including phenoxy) is 1. The summed E-state index contributed by atoms with van der Waals surface area (Å²) in [7, 11) is 0. The quantitative estimate of drug-likeness (QED) is 0.529. The number of aryl methyl sites for hydroxylation is 1. The van der Waals surface area contributed by atoms with Gasteiger partial charge < -0.3 is 15.2 Å². The molecule has 0 aliphatic carbocycles. The van der Waals surface area contributed by atoms with Crippen molar-refractivity contribution in [2.24, 2.45) is 0 Å². The molecule has 3 aromatic carbocycles. The Morgan fingerprint density at radius 3 is 2.14 bits per heavy atom. The molecule has 3 rings (SSSR count). The maximum absolute atomic E-state index is 10.2. The second-order valence-electron chi connectivity index (χ2n) is 7.19. The summed E-state index contributed by atoms with van der Waals surface area (Å²) in [4.78, 5) is 0. The summed E-state index contributed by atoms with van der Waals surface area (Å²) in [6.45, 7) is 3.32. The van der Waals surface area contributed by atoms with Gasteiger partial charge >= 0.3 is 0 Å². The fraction of sp³-hybridized carbons (Fsp3) is 0.280. The van der Waals surface area contributed by atoms with E-state index in [1.807, 2.05) is 60.7 Å². The molecule has 0 radical (unpaired) electrons. The van der Waals surface area contributed by atoms with Crippen LogP contribution in [-0.4, -0.2) is 17.7 Å². The van der Waals surface area contributed by atoms with Crippen LogP contribution >= 0.6 is 0 Å². The van der Waals surface area contributed by atoms with E-state index in [1.54, 1.807) is 0 Å². The summed E-state index contributed by atoms with van der Waals surface area (Å²) in [5, 5.41) is 13.7. The van der Waals surface area contributed by atoms with E-state index in [2.05, 4.69) is 36.5 Å². The normalized spacial score (nSPS) is 13.1. The Morgan fingerprint density at radius 1 is 0.821 bits per heavy atom. The first-order valence-corrected chi connectivity index (χ1v) is 9.93. The number of nitrogens with one attached hydrogen (secondary N) is 1. The molecule has 3 nitrogen and oxygen atoms in total. The molecular formula is C25H29NO2. The highest BCUT2D eigenvalue weighted by Crippen LogP contribution is 2.16. The van der Waals surface area contributed by atoms with Crippen molar-refractivity contribution in [3.8, 4) is 5.75 Å². The summed E-state index contributed by atoms with van der Waals surface area (Å²) in [5.41, 5.74) is 3.42. The van der Waals surface area contributed by atoms with Crippen molar-refractivity contribution in [1.29, 1.82) is 0 Å². The molecule has 3 heteroatoms. The van der Waals surface area contributed by atoms with Crippen molar-refractivity contribution >= 4 is 0 Å². The van der Waals surface area contributed by atoms with Crippen LogP contribution in [0.4, 0.5) is 0 Å². The lowest BCUT2D eigenvalue weighted by molar-refractivity contribution is 0.170. The third-order valence-electron chi connectivity index (χ3n) is 4.88. The van der Waals surface area contributed by atoms with Crippen LogP contribution in [0.5, 0.6) is 5.75 Å². The number of aliphatic hydroxyl groups excluding tert-OH is 1. The maximum Gasteiger partial charge on any atom is 0.119 e. The second-order valence-corrected chi connectivity index (χ2v) is 7.19. The highest BCUT2D eigenvalue weighted by Gasteiger charge is 2.09. The maximum atomic E-state index is 10.2. The predicted octanol–water partition coefficient (Wildman–Crippen LogP) is 4.91. The van der Waals surface area contributed by atoms with Gasteiger partial charge in [0.05, 0.1) is 6.10 Å². The number of aliphatic hydroxyl groups is 1. The second kappa shape index (κ2) is 10.6. The molecule has 0 aliphatic heterocycles. The molecule has 2 N–H and O–H groups in total. The van der Waals surface area contributed by atoms with Gasteiger partial charge in [-0.1, -0.05) is 72.8 Å². The zero-order chi connectivity index (χ0) is 19.6. The monoisotopic (exact) mass is 375 g/mol. The Balaban J connectivity index is 1.38. The smallest absolute Gasteiger partial charge is 0.119 e. The largest absolute Gasteiger partial charge is 0.489 e. The Labute approximate surface area is 168 Å². The van der Waals surface area contributed by atoms with Crippen molar-refractivity contribution in [1.82, 2.24) is 5.32 Å². The third-order valence-corrected chi connectivity index (χ3v) is 4.88. The van der Waals surface area contributed by atoms with Crippen molar-refractivity contribution in [2.45, 2.75) is 38.5 Å². The van der Waals surface area contributed by atoms with E-state index in [4.69, 9.17) is 4.74 Å². The van der Waals surface area contributed by atoms with Crippen LogP contribution in [0.2, 0.25) is 0 Å². The predicted molar refractivity (Wildman–Crippen MR) is 114 cm³/mol. The zero-order valence-corrected chi connectivity index (χ0v) is 16.4. The van der Waals surface area contributed by atoms with Crippen LogP contribution in [0.1, 0.15) is 36.1 Å². The van der Waals surface area contributed by atoms with Crippen LogP contribution in [0, 0.1) is 0 Å². The lowest BCUT2D eigenvalue weighted by Gasteiger charge is -2.17. The van der Waals surface area contributed by atoms with Gasteiger partial charge in [0.25, 0.3) is 0 Å². The SMILES string of the molecule is C[C@H](CCc1ccc(OCc2ccccc2)cc1)NC[C@@H](O)c1ccccc1. The minimum atomic E-state index is -0.468. The fourth-order valence-electron chi connectivity index (χ4n) is 3.08. The molecule has 2 atom stereocenters. The first-order chi connectivity index (χ1) is 13.7. The van der Waals surface area contributed by atoms with Crippen molar-refractivity contribution in [3.05, 3.63) is 102 Å². The molecule has 0 heterocycles. The highest BCUT2D eigenvalue weighted by atomic mass is 16.5. The van der Waals surface area contributed by atoms with Crippen LogP contribution in [-0.2, 0) is 13.0 Å². The molecule has 0 aliphatic rings. The number of hydrogen-bond donors (Lipinski definition) is 2. The number of benzene rings is 3. The molecule has 0 amide bonds. The van der Waals surface area contributed by atoms with Crippen LogP contribution in [0.15, 0.2) is 84.9 Å². The van der Waals surface area contributed by atoms with Gasteiger partial charge in [0, 0.05) is 12.6 Å². The van der Waals surface area contributed by atoms with E-state index in [0.717, 1.165) is 24.2 Å². The summed E-state index contributed by atoms with van der Waals surface area (Å²) in [6, 6.07) is 28.7. The summed E-state index contributed by atoms with van der Waals surface area (Å²) in [5.74, 6) is 0.893. The van der Waals surface area contributed by atoms with Crippen LogP contribution < -0.4 is 10.1 Å². The Kier molecular flexibility index (Phi) is 7.65. The van der Waals surface area contributed by atoms with Crippen molar-refractivity contribution < 1.29 is 9.84 Å². The van der Waals surface area contributed by atoms with E-state index in [0.29, 0.717) is 19.2 Å². The molecule has 3 aromatic rings. The average molecular weight is 376 g/mol. The van der Waals surface area contributed by atoms with Gasteiger partial charge in [0.15, 0.2) is 0 Å². The zero-order valence-electron chi connectivity index (χ0n) is 16.4. The van der Waals surface area contributed by atoms with Gasteiger partial charge in [-0.25, -0.2) is 0 Å². The van der Waals surface area contributed by atoms with Crippen molar-refractivity contribution in [2.75, 3.05) is 6.54 Å². The third kappa shape index (κ3) is 6.52. The first kappa shape index (κ1) is 20.1. The Hall–Kier alpha value is -2.62. The molecule has 0 spiro atoms. The van der Waals surface area contributed by atoms with Gasteiger partial charge in [-0.05, 0) is 48.6 Å². The number of hydrogen-bond acceptors (Lipinski definition) is 3. The van der Waals surface area contributed by atoms with Crippen LogP contribution in [0.25, 0.3) is 0 Å². The molecule has 0 fully saturated rings. The van der Waals surface area contributed by atoms with Gasteiger partial charge in [-0.15, -0.1) is 0 Å². The van der Waals surface area contributed by atoms with E-state index < -0.39 is 6.10 Å². The molecule has 0 saturated heterocycles. The topological polar surface area (TPSA) is 41.5 Å². The summed E-state index contributed by atoms with van der Waals surface area (Å²) in [6.07, 6.45) is 1.55. The van der Waals surface area contributed by atoms with Gasteiger partial charge in [0.2, 0.25) is 0 Å². The first-order valence-electron chi connectivity index (χ1n) is 9.93. The van der Waals surface area contributed by atoms with Crippen molar-refractivity contribution in [3.63, 3.8) is 0 Å². The minimum absolute atomic E-state index is 0.340. The van der Waals surface area contributed by atoms with E-state index in [-0.39, 0.29) is 0 Å². The lowest BCUT2D eigenvalue weighted by Crippen LogP contribution is -2.30. The standard InChI is InChI=1S/C25H29NO2/c1-20(26-18-25(27)23-10-6-3-7-11-23)12-13-21-14-16-24(17-15-21)28-19-22-8-4-2-5-9-22/h2-11,14-17,20,25-27H,12-13,18-19H2,1H3/t20-,25-/m1/s1. The lowest BCUT2D eigenvalue weighted by atomic mass is 10.1. The molecule has 28 heavy (non-hydrogen) atoms.